The number of Topliss-reactive ketones (excluding diaryl/α,β-unsaturated/α-hetero) is 1. The normalized spacial score (nSPS) is 15.9. The Hall–Kier alpha value is -2.09. The number of ketones is 1. The van der Waals surface area contributed by atoms with Crippen molar-refractivity contribution in [2.75, 3.05) is 0 Å². The molecule has 138 valence electrons. The van der Waals surface area contributed by atoms with Crippen LogP contribution in [0.4, 0.5) is 0 Å². The highest BCUT2D eigenvalue weighted by Crippen LogP contribution is 2.32. The molecule has 2 aromatic rings. The predicted octanol–water partition coefficient (Wildman–Crippen LogP) is 3.61. The third kappa shape index (κ3) is 4.61. The van der Waals surface area contributed by atoms with Gasteiger partial charge in [0.25, 0.3) is 0 Å². The van der Waals surface area contributed by atoms with E-state index in [9.17, 15) is 14.4 Å². The van der Waals surface area contributed by atoms with Crippen LogP contribution in [-0.4, -0.2) is 22.7 Å². The number of rotatable bonds is 5. The van der Waals surface area contributed by atoms with Gasteiger partial charge in [-0.1, -0.05) is 39.7 Å². The number of amides is 2. The van der Waals surface area contributed by atoms with Gasteiger partial charge in [0.2, 0.25) is 11.8 Å². The van der Waals surface area contributed by atoms with E-state index < -0.39 is 23.7 Å². The van der Waals surface area contributed by atoms with Crippen molar-refractivity contribution in [2.45, 2.75) is 12.3 Å². The van der Waals surface area contributed by atoms with E-state index in [0.717, 1.165) is 4.47 Å². The van der Waals surface area contributed by atoms with Crippen molar-refractivity contribution in [3.63, 3.8) is 0 Å². The second-order valence-electron chi connectivity index (χ2n) is 6.08. The smallest absolute Gasteiger partial charge is 0.239 e. The second-order valence-corrected chi connectivity index (χ2v) is 7.84. The molecule has 0 aliphatic carbocycles. The molecule has 5 nitrogen and oxygen atoms in total. The van der Waals surface area contributed by atoms with Gasteiger partial charge in [-0.2, -0.15) is 0 Å². The third-order valence-corrected chi connectivity index (χ3v) is 5.30. The molecule has 0 bridgehead atoms. The first kappa shape index (κ1) is 19.7. The number of thiocarbonyl (C=S) groups is 1. The summed E-state index contributed by atoms with van der Waals surface area (Å²) in [6.07, 6.45) is -0.0124. The molecule has 1 atom stereocenters. The summed E-state index contributed by atoms with van der Waals surface area (Å²) in [7, 11) is 0. The van der Waals surface area contributed by atoms with Crippen molar-refractivity contribution < 1.29 is 14.4 Å². The van der Waals surface area contributed by atoms with Crippen molar-refractivity contribution in [3.05, 3.63) is 69.2 Å². The second kappa shape index (κ2) is 8.29. The lowest BCUT2D eigenvalue weighted by Gasteiger charge is -2.29. The van der Waals surface area contributed by atoms with Crippen LogP contribution in [0.1, 0.15) is 28.3 Å². The highest BCUT2D eigenvalue weighted by molar-refractivity contribution is 9.10. The number of carbonyl (C=O) groups excluding carboxylic acids is 3. The Morgan fingerprint density at radius 3 is 2.15 bits per heavy atom. The summed E-state index contributed by atoms with van der Waals surface area (Å²) in [4.78, 5) is 37.7. The zero-order valence-corrected chi connectivity index (χ0v) is 17.0. The summed E-state index contributed by atoms with van der Waals surface area (Å²) in [5.74, 6) is -2.91. The van der Waals surface area contributed by atoms with Crippen LogP contribution in [0.25, 0.3) is 0 Å². The molecular weight excluding hydrogens is 452 g/mol. The molecule has 2 amide bonds. The van der Waals surface area contributed by atoms with Crippen molar-refractivity contribution in [1.82, 2.24) is 10.6 Å². The van der Waals surface area contributed by atoms with Crippen LogP contribution in [0.15, 0.2) is 53.0 Å². The van der Waals surface area contributed by atoms with Gasteiger partial charge < -0.3 is 10.6 Å². The van der Waals surface area contributed by atoms with Crippen LogP contribution in [0.2, 0.25) is 5.02 Å². The zero-order chi connectivity index (χ0) is 19.6. The van der Waals surface area contributed by atoms with Gasteiger partial charge in [-0.25, -0.2) is 0 Å². The highest BCUT2D eigenvalue weighted by atomic mass is 79.9. The van der Waals surface area contributed by atoms with Crippen molar-refractivity contribution in [3.8, 4) is 0 Å². The average molecular weight is 466 g/mol. The van der Waals surface area contributed by atoms with Crippen molar-refractivity contribution in [2.24, 2.45) is 5.92 Å². The summed E-state index contributed by atoms with van der Waals surface area (Å²) >= 11 is 14.1. The fourth-order valence-corrected chi connectivity index (χ4v) is 3.58. The van der Waals surface area contributed by atoms with E-state index in [0.29, 0.717) is 16.1 Å². The van der Waals surface area contributed by atoms with Gasteiger partial charge in [0.05, 0.1) is 0 Å². The molecule has 0 saturated carbocycles. The molecule has 1 fully saturated rings. The molecule has 8 heteroatoms. The number of hydrogen-bond acceptors (Lipinski definition) is 4. The summed E-state index contributed by atoms with van der Waals surface area (Å²) in [5.41, 5.74) is 1.18. The Morgan fingerprint density at radius 1 is 1.04 bits per heavy atom. The van der Waals surface area contributed by atoms with Gasteiger partial charge in [-0.15, -0.1) is 0 Å². The number of hydrogen-bond donors (Lipinski definition) is 2. The van der Waals surface area contributed by atoms with Gasteiger partial charge in [0, 0.05) is 27.4 Å². The summed E-state index contributed by atoms with van der Waals surface area (Å²) in [6.45, 7) is 0. The third-order valence-electron chi connectivity index (χ3n) is 4.31. The van der Waals surface area contributed by atoms with Gasteiger partial charge in [0.15, 0.2) is 10.9 Å². The Balaban J connectivity index is 1.94. The molecule has 2 N–H and O–H groups in total. The number of carbonyl (C=O) groups is 3. The van der Waals surface area contributed by atoms with Gasteiger partial charge >= 0.3 is 0 Å². The van der Waals surface area contributed by atoms with Crippen molar-refractivity contribution in [1.29, 1.82) is 0 Å². The minimum absolute atomic E-state index is 0.0124. The maximum Gasteiger partial charge on any atom is 0.239 e. The maximum atomic E-state index is 12.8. The van der Waals surface area contributed by atoms with Gasteiger partial charge in [-0.3, -0.25) is 14.4 Å². The molecule has 0 radical (unpaired) electrons. The first-order valence-electron chi connectivity index (χ1n) is 8.05. The van der Waals surface area contributed by atoms with E-state index in [1.54, 1.807) is 48.5 Å². The van der Waals surface area contributed by atoms with Crippen LogP contribution in [-0.2, 0) is 9.59 Å². The Morgan fingerprint density at radius 2 is 1.59 bits per heavy atom. The van der Waals surface area contributed by atoms with Crippen LogP contribution < -0.4 is 10.6 Å². The lowest BCUT2D eigenvalue weighted by Crippen LogP contribution is -2.57. The summed E-state index contributed by atoms with van der Waals surface area (Å²) in [5, 5.41) is 5.42. The minimum atomic E-state index is -1.06. The molecule has 1 aliphatic heterocycles. The lowest BCUT2D eigenvalue weighted by atomic mass is 9.80. The molecule has 1 heterocycles. The molecule has 0 aromatic heterocycles. The molecule has 1 aliphatic rings. The molecule has 3 rings (SSSR count). The SMILES string of the molecule is O=C(C[C@@H](c1ccc(Br)cc1)C1C(=O)NC(=S)NC1=O)c1ccc(Cl)cc1. The van der Waals surface area contributed by atoms with Gasteiger partial charge in [-0.05, 0) is 54.2 Å². The van der Waals surface area contributed by atoms with E-state index in [1.165, 1.54) is 0 Å². The van der Waals surface area contributed by atoms with Crippen LogP contribution in [0, 0.1) is 5.92 Å². The number of halogens is 2. The number of benzene rings is 2. The zero-order valence-electron chi connectivity index (χ0n) is 13.9. The first-order valence-corrected chi connectivity index (χ1v) is 9.63. The maximum absolute atomic E-state index is 12.8. The first-order chi connectivity index (χ1) is 12.8. The fraction of sp³-hybridized carbons (Fsp3) is 0.158. The predicted molar refractivity (Wildman–Crippen MR) is 110 cm³/mol. The molecular formula is C19H14BrClN2O3S. The topological polar surface area (TPSA) is 75.3 Å². The Bertz CT molecular complexity index is 896. The summed E-state index contributed by atoms with van der Waals surface area (Å²) in [6, 6.07) is 13.7. The highest BCUT2D eigenvalue weighted by Gasteiger charge is 2.40. The summed E-state index contributed by atoms with van der Waals surface area (Å²) < 4.78 is 0.854. The van der Waals surface area contributed by atoms with E-state index in [-0.39, 0.29) is 17.3 Å². The van der Waals surface area contributed by atoms with E-state index in [1.807, 2.05) is 0 Å². The molecule has 27 heavy (non-hydrogen) atoms. The molecule has 0 spiro atoms. The molecule has 2 aromatic carbocycles. The average Bonchev–Trinajstić information content (AvgIpc) is 2.61. The van der Waals surface area contributed by atoms with E-state index in [4.69, 9.17) is 23.8 Å². The monoisotopic (exact) mass is 464 g/mol. The molecule has 1 saturated heterocycles. The van der Waals surface area contributed by atoms with E-state index in [2.05, 4.69) is 26.6 Å². The van der Waals surface area contributed by atoms with Crippen LogP contribution >= 0.6 is 39.7 Å². The van der Waals surface area contributed by atoms with Crippen LogP contribution in [0.3, 0.4) is 0 Å². The van der Waals surface area contributed by atoms with Gasteiger partial charge in [0.1, 0.15) is 5.92 Å². The fourth-order valence-electron chi connectivity index (χ4n) is 2.99. The Kier molecular flexibility index (Phi) is 6.04. The van der Waals surface area contributed by atoms with Crippen molar-refractivity contribution >= 4 is 62.5 Å². The largest absolute Gasteiger partial charge is 0.302 e. The van der Waals surface area contributed by atoms with E-state index >= 15 is 0 Å². The quantitative estimate of drug-likeness (QED) is 0.402. The molecule has 0 unspecified atom stereocenters. The minimum Gasteiger partial charge on any atom is -0.302 e. The Labute approximate surface area is 174 Å². The number of nitrogens with one attached hydrogen (secondary N) is 2. The lowest BCUT2D eigenvalue weighted by molar-refractivity contribution is -0.136. The standard InChI is InChI=1S/C19H14BrClN2O3S/c20-12-5-1-10(2-6-12)14(16-17(25)22-19(27)23-18(16)26)9-15(24)11-3-7-13(21)8-4-11/h1-8,14,16H,9H2,(H2,22,23,25,26,27)/t14-/m0/s1. The van der Waals surface area contributed by atoms with Crippen LogP contribution in [0.5, 0.6) is 0 Å².